The molecule has 5 heteroatoms. The van der Waals surface area contributed by atoms with Gasteiger partial charge in [0.05, 0.1) is 5.41 Å². The molecule has 0 unspecified atom stereocenters. The van der Waals surface area contributed by atoms with Crippen LogP contribution in [-0.4, -0.2) is 17.0 Å². The molecule has 19 heavy (non-hydrogen) atoms. The zero-order chi connectivity index (χ0) is 14.0. The highest BCUT2D eigenvalue weighted by atomic mass is 35.5. The maximum atomic E-state index is 12.0. The first-order valence-corrected chi connectivity index (χ1v) is 6.60. The van der Waals surface area contributed by atoms with Gasteiger partial charge in [-0.3, -0.25) is 9.59 Å². The Labute approximate surface area is 116 Å². The van der Waals surface area contributed by atoms with E-state index in [1.807, 2.05) is 13.0 Å². The van der Waals surface area contributed by atoms with E-state index in [0.717, 1.165) is 12.0 Å². The first-order chi connectivity index (χ1) is 8.93. The highest BCUT2D eigenvalue weighted by molar-refractivity contribution is 6.31. The van der Waals surface area contributed by atoms with Crippen molar-refractivity contribution in [1.29, 1.82) is 0 Å². The van der Waals surface area contributed by atoms with Gasteiger partial charge in [0.25, 0.3) is 0 Å². The van der Waals surface area contributed by atoms with E-state index in [-0.39, 0.29) is 12.3 Å². The number of carbonyl (C=O) groups is 2. The van der Waals surface area contributed by atoms with Gasteiger partial charge in [0.15, 0.2) is 0 Å². The summed E-state index contributed by atoms with van der Waals surface area (Å²) in [4.78, 5) is 23.2. The average molecular weight is 282 g/mol. The molecule has 102 valence electrons. The van der Waals surface area contributed by atoms with Gasteiger partial charge in [-0.25, -0.2) is 0 Å². The minimum atomic E-state index is -0.878. The van der Waals surface area contributed by atoms with Crippen LogP contribution in [0.15, 0.2) is 18.2 Å². The van der Waals surface area contributed by atoms with Crippen molar-refractivity contribution in [3.63, 3.8) is 0 Å². The lowest BCUT2D eigenvalue weighted by molar-refractivity contribution is -0.157. The second kappa shape index (κ2) is 5.21. The second-order valence-electron chi connectivity index (χ2n) is 5.12. The average Bonchev–Trinajstić information content (AvgIpc) is 2.28. The number of aliphatic carboxylic acids is 1. The van der Waals surface area contributed by atoms with Crippen molar-refractivity contribution in [2.45, 2.75) is 32.6 Å². The molecule has 1 aliphatic rings. The van der Waals surface area contributed by atoms with Crippen molar-refractivity contribution in [2.24, 2.45) is 5.41 Å². The van der Waals surface area contributed by atoms with Gasteiger partial charge < -0.3 is 10.4 Å². The predicted octanol–water partition coefficient (Wildman–Crippen LogP) is 3.23. The van der Waals surface area contributed by atoms with Crippen LogP contribution in [0.5, 0.6) is 0 Å². The van der Waals surface area contributed by atoms with Crippen molar-refractivity contribution >= 4 is 29.2 Å². The van der Waals surface area contributed by atoms with Gasteiger partial charge in [0.1, 0.15) is 0 Å². The molecule has 1 aromatic carbocycles. The molecule has 1 aromatic rings. The molecule has 1 aliphatic carbocycles. The standard InChI is InChI=1S/C14H16ClNO3/c1-9-3-4-10(15)7-11(9)16-12(17)8-14(13(18)19)5-2-6-14/h3-4,7H,2,5-6,8H2,1H3,(H,16,17)(H,18,19). The molecule has 0 spiro atoms. The lowest BCUT2D eigenvalue weighted by Gasteiger charge is -2.36. The number of hydrogen-bond acceptors (Lipinski definition) is 2. The number of carbonyl (C=O) groups excluding carboxylic acids is 1. The maximum absolute atomic E-state index is 12.0. The third-order valence-electron chi connectivity index (χ3n) is 3.74. The van der Waals surface area contributed by atoms with Crippen LogP contribution >= 0.6 is 11.6 Å². The molecule has 0 aromatic heterocycles. The van der Waals surface area contributed by atoms with E-state index in [9.17, 15) is 14.7 Å². The number of anilines is 1. The summed E-state index contributed by atoms with van der Waals surface area (Å²) >= 11 is 5.88. The zero-order valence-corrected chi connectivity index (χ0v) is 11.5. The molecule has 1 saturated carbocycles. The largest absolute Gasteiger partial charge is 0.481 e. The Morgan fingerprint density at radius 2 is 2.11 bits per heavy atom. The van der Waals surface area contributed by atoms with Crippen LogP contribution in [-0.2, 0) is 9.59 Å². The summed E-state index contributed by atoms with van der Waals surface area (Å²) in [6, 6.07) is 5.23. The Morgan fingerprint density at radius 1 is 1.42 bits per heavy atom. The van der Waals surface area contributed by atoms with Gasteiger partial charge in [0.2, 0.25) is 5.91 Å². The third kappa shape index (κ3) is 2.89. The molecule has 1 fully saturated rings. The molecule has 0 atom stereocenters. The predicted molar refractivity (Wildman–Crippen MR) is 73.4 cm³/mol. The molecule has 4 nitrogen and oxygen atoms in total. The SMILES string of the molecule is Cc1ccc(Cl)cc1NC(=O)CC1(C(=O)O)CCC1. The van der Waals surface area contributed by atoms with Crippen molar-refractivity contribution in [3.05, 3.63) is 28.8 Å². The fraction of sp³-hybridized carbons (Fsp3) is 0.429. The van der Waals surface area contributed by atoms with Crippen molar-refractivity contribution in [3.8, 4) is 0 Å². The van der Waals surface area contributed by atoms with Crippen LogP contribution in [0.25, 0.3) is 0 Å². The smallest absolute Gasteiger partial charge is 0.310 e. The van der Waals surface area contributed by atoms with Crippen LogP contribution in [0.3, 0.4) is 0 Å². The topological polar surface area (TPSA) is 66.4 Å². The van der Waals surface area contributed by atoms with E-state index in [1.165, 1.54) is 0 Å². The van der Waals surface area contributed by atoms with Crippen molar-refractivity contribution < 1.29 is 14.7 Å². The number of hydrogen-bond donors (Lipinski definition) is 2. The summed E-state index contributed by atoms with van der Waals surface area (Å²) in [5.41, 5.74) is 0.671. The summed E-state index contributed by atoms with van der Waals surface area (Å²) in [5, 5.41) is 12.5. The highest BCUT2D eigenvalue weighted by Gasteiger charge is 2.45. The van der Waals surface area contributed by atoms with Crippen LogP contribution in [0.4, 0.5) is 5.69 Å². The Hall–Kier alpha value is -1.55. The van der Waals surface area contributed by atoms with E-state index in [1.54, 1.807) is 12.1 Å². The third-order valence-corrected chi connectivity index (χ3v) is 3.97. The molecular weight excluding hydrogens is 266 g/mol. The van der Waals surface area contributed by atoms with E-state index in [2.05, 4.69) is 5.32 Å². The van der Waals surface area contributed by atoms with E-state index in [4.69, 9.17) is 11.6 Å². The van der Waals surface area contributed by atoms with E-state index < -0.39 is 11.4 Å². The minimum absolute atomic E-state index is 0.0221. The van der Waals surface area contributed by atoms with Gasteiger partial charge in [-0.05, 0) is 37.5 Å². The number of carboxylic acid groups (broad SMARTS) is 1. The molecule has 0 radical (unpaired) electrons. The monoisotopic (exact) mass is 281 g/mol. The van der Waals surface area contributed by atoms with Gasteiger partial charge in [0, 0.05) is 17.1 Å². The number of rotatable bonds is 4. The van der Waals surface area contributed by atoms with Gasteiger partial charge in [-0.1, -0.05) is 24.1 Å². The number of nitrogens with one attached hydrogen (secondary N) is 1. The highest BCUT2D eigenvalue weighted by Crippen LogP contribution is 2.44. The molecule has 0 heterocycles. The summed E-state index contributed by atoms with van der Waals surface area (Å²) < 4.78 is 0. The minimum Gasteiger partial charge on any atom is -0.481 e. The van der Waals surface area contributed by atoms with E-state index in [0.29, 0.717) is 23.6 Å². The Balaban J connectivity index is 2.05. The molecule has 2 rings (SSSR count). The number of benzene rings is 1. The molecular formula is C14H16ClNO3. The number of carboxylic acids is 1. The van der Waals surface area contributed by atoms with E-state index >= 15 is 0 Å². The first kappa shape index (κ1) is 13.9. The lowest BCUT2D eigenvalue weighted by Crippen LogP contribution is -2.41. The Bertz CT molecular complexity index is 523. The van der Waals surface area contributed by atoms with Crippen LogP contribution in [0, 0.1) is 12.3 Å². The molecule has 2 N–H and O–H groups in total. The number of amides is 1. The fourth-order valence-corrected chi connectivity index (χ4v) is 2.47. The van der Waals surface area contributed by atoms with Gasteiger partial charge >= 0.3 is 5.97 Å². The van der Waals surface area contributed by atoms with Gasteiger partial charge in [-0.2, -0.15) is 0 Å². The second-order valence-corrected chi connectivity index (χ2v) is 5.56. The number of halogens is 1. The van der Waals surface area contributed by atoms with Crippen LogP contribution in [0.1, 0.15) is 31.2 Å². The van der Waals surface area contributed by atoms with Crippen molar-refractivity contribution in [1.82, 2.24) is 0 Å². The Morgan fingerprint density at radius 3 is 2.63 bits per heavy atom. The summed E-state index contributed by atoms with van der Waals surface area (Å²) in [6.45, 7) is 1.86. The normalized spacial score (nSPS) is 16.5. The maximum Gasteiger partial charge on any atom is 0.310 e. The summed E-state index contributed by atoms with van der Waals surface area (Å²) in [7, 11) is 0. The molecule has 0 aliphatic heterocycles. The number of aryl methyl sites for hydroxylation is 1. The quantitative estimate of drug-likeness (QED) is 0.890. The lowest BCUT2D eigenvalue weighted by atomic mass is 9.66. The zero-order valence-electron chi connectivity index (χ0n) is 10.7. The fourth-order valence-electron chi connectivity index (χ4n) is 2.30. The van der Waals surface area contributed by atoms with Crippen LogP contribution in [0.2, 0.25) is 5.02 Å². The summed E-state index contributed by atoms with van der Waals surface area (Å²) in [5.74, 6) is -1.15. The van der Waals surface area contributed by atoms with Crippen molar-refractivity contribution in [2.75, 3.05) is 5.32 Å². The molecule has 0 saturated heterocycles. The first-order valence-electron chi connectivity index (χ1n) is 6.22. The van der Waals surface area contributed by atoms with Gasteiger partial charge in [-0.15, -0.1) is 0 Å². The van der Waals surface area contributed by atoms with Crippen LogP contribution < -0.4 is 5.32 Å². The molecule has 0 bridgehead atoms. The summed E-state index contributed by atoms with van der Waals surface area (Å²) in [6.07, 6.45) is 2.04. The molecule has 1 amide bonds. The Kier molecular flexibility index (Phi) is 3.80.